The molecule has 122 valence electrons. The third-order valence-electron chi connectivity index (χ3n) is 3.17. The number of aryl methyl sites for hydroxylation is 1. The molecular formula is C15H22Cl2N4O. The van der Waals surface area contributed by atoms with Gasteiger partial charge in [-0.15, -0.1) is 24.8 Å². The molecule has 22 heavy (non-hydrogen) atoms. The minimum absolute atomic E-state index is 0. The normalized spacial score (nSPS) is 11.0. The van der Waals surface area contributed by atoms with Crippen molar-refractivity contribution in [2.75, 3.05) is 7.05 Å². The minimum Gasteiger partial charge on any atom is -0.340 e. The summed E-state index contributed by atoms with van der Waals surface area (Å²) in [5, 5.41) is 4.09. The number of carbonyl (C=O) groups is 1. The maximum Gasteiger partial charge on any atom is 0.239 e. The fourth-order valence-corrected chi connectivity index (χ4v) is 2.14. The van der Waals surface area contributed by atoms with Crippen LogP contribution in [0.15, 0.2) is 42.7 Å². The number of hydrogen-bond acceptors (Lipinski definition) is 3. The summed E-state index contributed by atoms with van der Waals surface area (Å²) in [4.78, 5) is 13.9. The third kappa shape index (κ3) is 5.67. The number of likely N-dealkylation sites (N-methyl/N-ethyl adjacent to an activating group) is 1. The van der Waals surface area contributed by atoms with Crippen LogP contribution >= 0.6 is 24.8 Å². The summed E-state index contributed by atoms with van der Waals surface area (Å²) in [6, 6.07) is 9.30. The molecule has 2 N–H and O–H groups in total. The maximum absolute atomic E-state index is 12.2. The summed E-state index contributed by atoms with van der Waals surface area (Å²) < 4.78 is 1.72. The van der Waals surface area contributed by atoms with E-state index < -0.39 is 6.04 Å². The molecule has 0 saturated carbocycles. The average Bonchev–Trinajstić information content (AvgIpc) is 2.84. The van der Waals surface area contributed by atoms with Gasteiger partial charge in [-0.1, -0.05) is 30.3 Å². The first-order valence-corrected chi connectivity index (χ1v) is 6.58. The van der Waals surface area contributed by atoms with Crippen LogP contribution in [-0.2, 0) is 24.8 Å². The molecule has 0 aliphatic carbocycles. The van der Waals surface area contributed by atoms with Crippen molar-refractivity contribution in [1.29, 1.82) is 0 Å². The molecule has 5 nitrogen and oxygen atoms in total. The molecule has 0 spiro atoms. The Morgan fingerprint density at radius 3 is 2.45 bits per heavy atom. The zero-order valence-corrected chi connectivity index (χ0v) is 14.3. The van der Waals surface area contributed by atoms with Crippen molar-refractivity contribution < 1.29 is 4.79 Å². The molecule has 0 aliphatic rings. The van der Waals surface area contributed by atoms with E-state index in [-0.39, 0.29) is 30.7 Å². The molecule has 2 rings (SSSR count). The van der Waals surface area contributed by atoms with Gasteiger partial charge in [0.25, 0.3) is 0 Å². The molecule has 1 aromatic heterocycles. The van der Waals surface area contributed by atoms with E-state index in [1.54, 1.807) is 22.8 Å². The number of benzene rings is 1. The van der Waals surface area contributed by atoms with Gasteiger partial charge >= 0.3 is 0 Å². The molecule has 1 aromatic carbocycles. The van der Waals surface area contributed by atoms with Crippen molar-refractivity contribution >= 4 is 30.7 Å². The van der Waals surface area contributed by atoms with Crippen LogP contribution in [0.2, 0.25) is 0 Å². The lowest BCUT2D eigenvalue weighted by Gasteiger charge is -2.20. The summed E-state index contributed by atoms with van der Waals surface area (Å²) in [7, 11) is 3.62. The van der Waals surface area contributed by atoms with E-state index in [0.717, 1.165) is 11.1 Å². The van der Waals surface area contributed by atoms with E-state index in [2.05, 4.69) is 5.10 Å². The molecule has 0 radical (unpaired) electrons. The Labute approximate surface area is 143 Å². The van der Waals surface area contributed by atoms with Crippen molar-refractivity contribution in [2.45, 2.75) is 19.0 Å². The molecule has 0 unspecified atom stereocenters. The zero-order valence-electron chi connectivity index (χ0n) is 12.7. The molecular weight excluding hydrogens is 323 g/mol. The molecule has 7 heteroatoms. The van der Waals surface area contributed by atoms with Crippen molar-refractivity contribution in [3.63, 3.8) is 0 Å². The number of halogens is 2. The lowest BCUT2D eigenvalue weighted by atomic mass is 10.1. The highest BCUT2D eigenvalue weighted by Crippen LogP contribution is 2.06. The fourth-order valence-electron chi connectivity index (χ4n) is 2.14. The number of rotatable bonds is 5. The monoisotopic (exact) mass is 344 g/mol. The average molecular weight is 345 g/mol. The summed E-state index contributed by atoms with van der Waals surface area (Å²) in [6.07, 6.45) is 4.20. The van der Waals surface area contributed by atoms with Crippen LogP contribution in [0.4, 0.5) is 0 Å². The number of hydrogen-bond donors (Lipinski definition) is 1. The Morgan fingerprint density at radius 2 is 1.91 bits per heavy atom. The molecule has 0 bridgehead atoms. The van der Waals surface area contributed by atoms with E-state index in [1.807, 2.05) is 43.6 Å². The van der Waals surface area contributed by atoms with Crippen LogP contribution in [0.5, 0.6) is 0 Å². The van der Waals surface area contributed by atoms with E-state index >= 15 is 0 Å². The van der Waals surface area contributed by atoms with E-state index in [9.17, 15) is 4.79 Å². The summed E-state index contributed by atoms with van der Waals surface area (Å²) >= 11 is 0. The van der Waals surface area contributed by atoms with Gasteiger partial charge in [-0.05, 0) is 12.0 Å². The quantitative estimate of drug-likeness (QED) is 0.899. The van der Waals surface area contributed by atoms with Gasteiger partial charge in [0.1, 0.15) is 0 Å². The van der Waals surface area contributed by atoms with Gasteiger partial charge in [0, 0.05) is 32.4 Å². The second-order valence-corrected chi connectivity index (χ2v) is 5.01. The predicted octanol–water partition coefficient (Wildman–Crippen LogP) is 1.79. The Balaban J connectivity index is 0.00000220. The lowest BCUT2D eigenvalue weighted by Crippen LogP contribution is -2.42. The molecule has 0 saturated heterocycles. The van der Waals surface area contributed by atoms with Gasteiger partial charge in [0.05, 0.1) is 12.2 Å². The number of nitrogens with two attached hydrogens (primary N) is 1. The maximum atomic E-state index is 12.2. The third-order valence-corrected chi connectivity index (χ3v) is 3.17. The van der Waals surface area contributed by atoms with Crippen LogP contribution in [0.1, 0.15) is 11.1 Å². The molecule has 0 fully saturated rings. The second-order valence-electron chi connectivity index (χ2n) is 5.01. The first-order chi connectivity index (χ1) is 9.56. The lowest BCUT2D eigenvalue weighted by molar-refractivity contribution is -0.131. The Kier molecular flexibility index (Phi) is 8.79. The van der Waals surface area contributed by atoms with Gasteiger partial charge in [0.15, 0.2) is 0 Å². The Bertz CT molecular complexity index is 574. The number of nitrogens with zero attached hydrogens (tertiary/aromatic N) is 3. The van der Waals surface area contributed by atoms with Crippen LogP contribution < -0.4 is 5.73 Å². The minimum atomic E-state index is -0.515. The van der Waals surface area contributed by atoms with Crippen molar-refractivity contribution in [1.82, 2.24) is 14.7 Å². The van der Waals surface area contributed by atoms with Gasteiger partial charge in [-0.25, -0.2) is 0 Å². The van der Waals surface area contributed by atoms with Crippen LogP contribution in [0, 0.1) is 0 Å². The zero-order chi connectivity index (χ0) is 14.5. The molecule has 1 atom stereocenters. The van der Waals surface area contributed by atoms with E-state index in [4.69, 9.17) is 5.73 Å². The summed E-state index contributed by atoms with van der Waals surface area (Å²) in [5.41, 5.74) is 8.06. The molecule has 1 amide bonds. The Morgan fingerprint density at radius 1 is 1.27 bits per heavy atom. The highest BCUT2D eigenvalue weighted by atomic mass is 35.5. The van der Waals surface area contributed by atoms with E-state index in [1.165, 1.54) is 0 Å². The molecule has 2 aromatic rings. The standard InChI is InChI=1S/C15H20N4O.2ClH/c1-18(10-13-9-17-19(2)11-13)15(20)14(16)8-12-6-4-3-5-7-12;;/h3-7,9,11,14H,8,10,16H2,1-2H3;2*1H/t14-;;/m0../s1. The first-order valence-electron chi connectivity index (χ1n) is 6.58. The molecule has 0 aliphatic heterocycles. The summed E-state index contributed by atoms with van der Waals surface area (Å²) in [5.74, 6) is -0.0577. The van der Waals surface area contributed by atoms with Gasteiger partial charge in [-0.2, -0.15) is 5.10 Å². The second kappa shape index (κ2) is 9.46. The van der Waals surface area contributed by atoms with Crippen LogP contribution in [-0.4, -0.2) is 33.7 Å². The van der Waals surface area contributed by atoms with E-state index in [0.29, 0.717) is 13.0 Å². The number of amides is 1. The van der Waals surface area contributed by atoms with Gasteiger partial charge in [0.2, 0.25) is 5.91 Å². The van der Waals surface area contributed by atoms with Crippen LogP contribution in [0.3, 0.4) is 0 Å². The van der Waals surface area contributed by atoms with Gasteiger partial charge < -0.3 is 10.6 Å². The number of aromatic nitrogens is 2. The van der Waals surface area contributed by atoms with Gasteiger partial charge in [-0.3, -0.25) is 9.48 Å². The van der Waals surface area contributed by atoms with Crippen molar-refractivity contribution in [2.24, 2.45) is 12.8 Å². The smallest absolute Gasteiger partial charge is 0.239 e. The highest BCUT2D eigenvalue weighted by molar-refractivity contribution is 5.85. The predicted molar refractivity (Wildman–Crippen MR) is 92.3 cm³/mol. The van der Waals surface area contributed by atoms with Crippen LogP contribution in [0.25, 0.3) is 0 Å². The summed E-state index contributed by atoms with van der Waals surface area (Å²) in [6.45, 7) is 0.523. The fraction of sp³-hybridized carbons (Fsp3) is 0.333. The first kappa shape index (κ1) is 20.4. The molecule has 1 heterocycles. The Hall–Kier alpha value is -1.56. The highest BCUT2D eigenvalue weighted by Gasteiger charge is 2.18. The van der Waals surface area contributed by atoms with Crippen molar-refractivity contribution in [3.8, 4) is 0 Å². The largest absolute Gasteiger partial charge is 0.340 e. The SMILES string of the molecule is CN(Cc1cnn(C)c1)C(=O)[C@@H](N)Cc1ccccc1.Cl.Cl. The number of carbonyl (C=O) groups excluding carboxylic acids is 1. The topological polar surface area (TPSA) is 64.2 Å². The van der Waals surface area contributed by atoms with Crippen molar-refractivity contribution in [3.05, 3.63) is 53.9 Å².